The molecule has 0 aliphatic carbocycles. The summed E-state index contributed by atoms with van der Waals surface area (Å²) >= 11 is 1.54. The van der Waals surface area contributed by atoms with Gasteiger partial charge in [0.15, 0.2) is 0 Å². The van der Waals surface area contributed by atoms with E-state index in [2.05, 4.69) is 5.32 Å². The average molecular weight is 247 g/mol. The highest BCUT2D eigenvalue weighted by Gasteiger charge is 2.05. The third-order valence-electron chi connectivity index (χ3n) is 2.32. The highest BCUT2D eigenvalue weighted by Crippen LogP contribution is 2.22. The van der Waals surface area contributed by atoms with Gasteiger partial charge in [0.1, 0.15) is 11.9 Å². The molecule has 0 aliphatic rings. The molecule has 5 heteroatoms. The lowest BCUT2D eigenvalue weighted by Crippen LogP contribution is -2.02. The molecule has 0 bridgehead atoms. The summed E-state index contributed by atoms with van der Waals surface area (Å²) in [6, 6.07) is 7.86. The number of nitrogen functional groups attached to an aromatic ring is 1. The number of nitriles is 1. The van der Waals surface area contributed by atoms with Gasteiger partial charge in [-0.2, -0.15) is 5.26 Å². The first kappa shape index (κ1) is 11.4. The van der Waals surface area contributed by atoms with Crippen LogP contribution in [0.5, 0.6) is 0 Å². The van der Waals surface area contributed by atoms with E-state index in [1.807, 2.05) is 17.5 Å². The number of rotatable bonds is 3. The third kappa shape index (κ3) is 2.55. The van der Waals surface area contributed by atoms with Crippen molar-refractivity contribution in [2.24, 2.45) is 0 Å². The van der Waals surface area contributed by atoms with Crippen LogP contribution in [-0.4, -0.2) is 0 Å². The van der Waals surface area contributed by atoms with Crippen LogP contribution in [0.25, 0.3) is 0 Å². The molecule has 86 valence electrons. The van der Waals surface area contributed by atoms with E-state index in [1.165, 1.54) is 12.1 Å². The molecule has 0 saturated heterocycles. The number of hydrogen-bond acceptors (Lipinski definition) is 4. The van der Waals surface area contributed by atoms with Gasteiger partial charge in [-0.1, -0.05) is 0 Å². The van der Waals surface area contributed by atoms with Crippen molar-refractivity contribution in [3.05, 3.63) is 45.9 Å². The molecule has 1 heterocycles. The topological polar surface area (TPSA) is 61.8 Å². The van der Waals surface area contributed by atoms with Crippen molar-refractivity contribution in [2.45, 2.75) is 6.54 Å². The van der Waals surface area contributed by atoms with Crippen LogP contribution in [0.1, 0.15) is 10.4 Å². The second kappa shape index (κ2) is 4.85. The fourth-order valence-electron chi connectivity index (χ4n) is 1.43. The number of hydrogen-bond donors (Lipinski definition) is 2. The predicted octanol–water partition coefficient (Wildman–Crippen LogP) is 2.95. The Hall–Kier alpha value is -2.06. The van der Waals surface area contributed by atoms with E-state index >= 15 is 0 Å². The molecule has 1 aromatic heterocycles. The van der Waals surface area contributed by atoms with Gasteiger partial charge in [-0.15, -0.1) is 11.3 Å². The number of nitrogens with one attached hydrogen (secondary N) is 1. The molecule has 0 aliphatic heterocycles. The smallest absolute Gasteiger partial charge is 0.124 e. The second-order valence-electron chi connectivity index (χ2n) is 3.45. The predicted molar refractivity (Wildman–Crippen MR) is 67.2 cm³/mol. The standard InChI is InChI=1S/C12H10FN3S/c13-9-1-2-11(8(5-9)6-14)16-7-12-10(15)3-4-17-12/h1-5,16H,7,15H2. The molecular formula is C12H10FN3S. The SMILES string of the molecule is N#Cc1cc(F)ccc1NCc1sccc1N. The lowest BCUT2D eigenvalue weighted by atomic mass is 10.2. The molecule has 0 spiro atoms. The molecule has 0 radical (unpaired) electrons. The number of anilines is 2. The monoisotopic (exact) mass is 247 g/mol. The summed E-state index contributed by atoms with van der Waals surface area (Å²) in [5.74, 6) is -0.414. The van der Waals surface area contributed by atoms with Crippen LogP contribution in [0.15, 0.2) is 29.6 Å². The lowest BCUT2D eigenvalue weighted by molar-refractivity contribution is 0.627. The van der Waals surface area contributed by atoms with Gasteiger partial charge >= 0.3 is 0 Å². The second-order valence-corrected chi connectivity index (χ2v) is 4.46. The summed E-state index contributed by atoms with van der Waals surface area (Å²) < 4.78 is 12.9. The molecular weight excluding hydrogens is 237 g/mol. The summed E-state index contributed by atoms with van der Waals surface area (Å²) in [6.45, 7) is 0.532. The molecule has 0 amide bonds. The van der Waals surface area contributed by atoms with Gasteiger partial charge in [-0.3, -0.25) is 0 Å². The number of thiophene rings is 1. The molecule has 3 nitrogen and oxygen atoms in total. The number of nitrogens with two attached hydrogens (primary N) is 1. The normalized spacial score (nSPS) is 9.88. The highest BCUT2D eigenvalue weighted by molar-refractivity contribution is 7.10. The summed E-state index contributed by atoms with van der Waals surface area (Å²) in [4.78, 5) is 0.998. The first-order valence-corrected chi connectivity index (χ1v) is 5.84. The fourth-order valence-corrected chi connectivity index (χ4v) is 2.17. The van der Waals surface area contributed by atoms with Crippen molar-refractivity contribution in [2.75, 3.05) is 11.1 Å². The zero-order chi connectivity index (χ0) is 12.3. The van der Waals surface area contributed by atoms with Crippen LogP contribution in [-0.2, 0) is 6.54 Å². The Morgan fingerprint density at radius 3 is 2.88 bits per heavy atom. The van der Waals surface area contributed by atoms with Crippen molar-refractivity contribution in [3.8, 4) is 6.07 Å². The summed E-state index contributed by atoms with van der Waals surface area (Å²) in [6.07, 6.45) is 0. The van der Waals surface area contributed by atoms with Gasteiger partial charge in [0, 0.05) is 10.6 Å². The van der Waals surface area contributed by atoms with Gasteiger partial charge in [0.2, 0.25) is 0 Å². The maximum absolute atomic E-state index is 12.9. The van der Waals surface area contributed by atoms with Crippen molar-refractivity contribution < 1.29 is 4.39 Å². The maximum Gasteiger partial charge on any atom is 0.124 e. The van der Waals surface area contributed by atoms with Crippen LogP contribution in [0, 0.1) is 17.1 Å². The molecule has 0 atom stereocenters. The lowest BCUT2D eigenvalue weighted by Gasteiger charge is -2.07. The largest absolute Gasteiger partial charge is 0.398 e. The quantitative estimate of drug-likeness (QED) is 0.876. The van der Waals surface area contributed by atoms with Gasteiger partial charge in [0.25, 0.3) is 0 Å². The van der Waals surface area contributed by atoms with E-state index in [4.69, 9.17) is 11.0 Å². The fraction of sp³-hybridized carbons (Fsp3) is 0.0833. The molecule has 0 unspecified atom stereocenters. The summed E-state index contributed by atoms with van der Waals surface area (Å²) in [7, 11) is 0. The Balaban J connectivity index is 2.15. The van der Waals surface area contributed by atoms with Gasteiger partial charge in [-0.25, -0.2) is 4.39 Å². The minimum Gasteiger partial charge on any atom is -0.398 e. The number of halogens is 1. The van der Waals surface area contributed by atoms with Crippen LogP contribution in [0.4, 0.5) is 15.8 Å². The Labute approximate surface area is 102 Å². The van der Waals surface area contributed by atoms with Crippen molar-refractivity contribution in [3.63, 3.8) is 0 Å². The first-order chi connectivity index (χ1) is 8.20. The van der Waals surface area contributed by atoms with E-state index in [1.54, 1.807) is 17.4 Å². The molecule has 0 saturated carbocycles. The Kier molecular flexibility index (Phi) is 3.26. The molecule has 3 N–H and O–H groups in total. The van der Waals surface area contributed by atoms with E-state index in [0.717, 1.165) is 10.6 Å². The van der Waals surface area contributed by atoms with E-state index in [-0.39, 0.29) is 0 Å². The van der Waals surface area contributed by atoms with Crippen LogP contribution in [0.3, 0.4) is 0 Å². The van der Waals surface area contributed by atoms with Gasteiger partial charge < -0.3 is 11.1 Å². The molecule has 17 heavy (non-hydrogen) atoms. The molecule has 2 aromatic rings. The highest BCUT2D eigenvalue weighted by atomic mass is 32.1. The van der Waals surface area contributed by atoms with Crippen LogP contribution < -0.4 is 11.1 Å². The number of nitrogens with zero attached hydrogens (tertiary/aromatic N) is 1. The van der Waals surface area contributed by atoms with E-state index in [0.29, 0.717) is 17.8 Å². The summed E-state index contributed by atoms with van der Waals surface area (Å²) in [5, 5.41) is 13.9. The Morgan fingerprint density at radius 1 is 1.41 bits per heavy atom. The zero-order valence-electron chi connectivity index (χ0n) is 8.90. The maximum atomic E-state index is 12.9. The molecule has 1 aromatic carbocycles. The minimum atomic E-state index is -0.414. The zero-order valence-corrected chi connectivity index (χ0v) is 9.72. The first-order valence-electron chi connectivity index (χ1n) is 4.96. The van der Waals surface area contributed by atoms with E-state index in [9.17, 15) is 4.39 Å². The average Bonchev–Trinajstić information content (AvgIpc) is 2.73. The van der Waals surface area contributed by atoms with Gasteiger partial charge in [0.05, 0.1) is 17.8 Å². The van der Waals surface area contributed by atoms with Crippen LogP contribution >= 0.6 is 11.3 Å². The minimum absolute atomic E-state index is 0.292. The van der Waals surface area contributed by atoms with E-state index < -0.39 is 5.82 Å². The van der Waals surface area contributed by atoms with Crippen molar-refractivity contribution in [1.29, 1.82) is 5.26 Å². The van der Waals surface area contributed by atoms with Gasteiger partial charge in [-0.05, 0) is 29.6 Å². The Bertz CT molecular complexity index is 571. The van der Waals surface area contributed by atoms with Crippen LogP contribution in [0.2, 0.25) is 0 Å². The van der Waals surface area contributed by atoms with Crippen molar-refractivity contribution >= 4 is 22.7 Å². The number of benzene rings is 1. The summed E-state index contributed by atoms with van der Waals surface area (Å²) in [5.41, 5.74) is 7.37. The Morgan fingerprint density at radius 2 is 2.24 bits per heavy atom. The third-order valence-corrected chi connectivity index (χ3v) is 3.26. The van der Waals surface area contributed by atoms with Crippen molar-refractivity contribution in [1.82, 2.24) is 0 Å². The molecule has 0 fully saturated rings. The molecule has 2 rings (SSSR count).